The average Bonchev–Trinajstić information content (AvgIpc) is 3.22. The predicted octanol–water partition coefficient (Wildman–Crippen LogP) is 6.83. The van der Waals surface area contributed by atoms with Crippen molar-refractivity contribution < 1.29 is 14.2 Å². The Balaban J connectivity index is 1.42. The highest BCUT2D eigenvalue weighted by molar-refractivity contribution is 5.75. The lowest BCUT2D eigenvalue weighted by Crippen LogP contribution is -2.09. The molecule has 182 valence electrons. The second-order valence-electron chi connectivity index (χ2n) is 8.76. The van der Waals surface area contributed by atoms with E-state index in [1.807, 2.05) is 36.4 Å². The summed E-state index contributed by atoms with van der Waals surface area (Å²) < 4.78 is 20.0. The van der Waals surface area contributed by atoms with Crippen molar-refractivity contribution in [1.82, 2.24) is 9.55 Å². The molecule has 1 heterocycles. The molecule has 0 unspecified atom stereocenters. The zero-order valence-corrected chi connectivity index (χ0v) is 20.9. The van der Waals surface area contributed by atoms with Gasteiger partial charge < -0.3 is 18.8 Å². The van der Waals surface area contributed by atoms with Crippen molar-refractivity contribution in [3.05, 3.63) is 95.8 Å². The summed E-state index contributed by atoms with van der Waals surface area (Å²) in [4.78, 5) is 4.85. The molecular weight excluding hydrogens is 436 g/mol. The Labute approximate surface area is 208 Å². The van der Waals surface area contributed by atoms with Gasteiger partial charge in [0.15, 0.2) is 11.5 Å². The number of aryl methyl sites for hydroxylation is 3. The zero-order chi connectivity index (χ0) is 24.6. The fourth-order valence-corrected chi connectivity index (χ4v) is 4.17. The van der Waals surface area contributed by atoms with E-state index in [0.717, 1.165) is 59.7 Å². The first kappa shape index (κ1) is 24.4. The number of methoxy groups -OCH3 is 1. The van der Waals surface area contributed by atoms with E-state index in [1.54, 1.807) is 7.11 Å². The smallest absolute Gasteiger partial charge is 0.161 e. The average molecular weight is 471 g/mol. The molecule has 0 amide bonds. The van der Waals surface area contributed by atoms with Crippen molar-refractivity contribution in [1.29, 1.82) is 0 Å². The number of nitrogens with zero attached hydrogens (tertiary/aromatic N) is 2. The van der Waals surface area contributed by atoms with Crippen molar-refractivity contribution in [2.75, 3.05) is 13.7 Å². The maximum absolute atomic E-state index is 6.17. The fraction of sp³-hybridized carbons (Fsp3) is 0.300. The van der Waals surface area contributed by atoms with Gasteiger partial charge in [0.05, 0.1) is 24.8 Å². The van der Waals surface area contributed by atoms with E-state index in [0.29, 0.717) is 19.0 Å². The summed E-state index contributed by atoms with van der Waals surface area (Å²) >= 11 is 0. The molecule has 0 aliphatic rings. The quantitative estimate of drug-likeness (QED) is 0.168. The first-order valence-electron chi connectivity index (χ1n) is 12.1. The Hall–Kier alpha value is -3.73. The van der Waals surface area contributed by atoms with Crippen LogP contribution < -0.4 is 14.2 Å². The van der Waals surface area contributed by atoms with Crippen LogP contribution in [0.25, 0.3) is 11.0 Å². The highest BCUT2D eigenvalue weighted by Gasteiger charge is 2.13. The topological polar surface area (TPSA) is 45.5 Å². The molecule has 5 heteroatoms. The van der Waals surface area contributed by atoms with E-state index in [2.05, 4.69) is 55.3 Å². The third-order valence-corrected chi connectivity index (χ3v) is 6.08. The number of benzene rings is 3. The molecule has 1 aromatic heterocycles. The highest BCUT2D eigenvalue weighted by Crippen LogP contribution is 2.29. The van der Waals surface area contributed by atoms with Gasteiger partial charge in [-0.3, -0.25) is 0 Å². The minimum atomic E-state index is 0.366. The lowest BCUT2D eigenvalue weighted by molar-refractivity contribution is 0.269. The van der Waals surface area contributed by atoms with Crippen molar-refractivity contribution in [3.63, 3.8) is 0 Å². The Bertz CT molecular complexity index is 1290. The summed E-state index contributed by atoms with van der Waals surface area (Å²) in [5.74, 6) is 3.30. The van der Waals surface area contributed by atoms with Crippen LogP contribution >= 0.6 is 0 Å². The molecular formula is C30H34N2O3. The number of ether oxygens (including phenoxy) is 3. The molecule has 0 fully saturated rings. The van der Waals surface area contributed by atoms with Gasteiger partial charge in [-0.1, -0.05) is 36.4 Å². The molecule has 0 N–H and O–H groups in total. The van der Waals surface area contributed by atoms with E-state index in [1.165, 1.54) is 11.1 Å². The summed E-state index contributed by atoms with van der Waals surface area (Å²) in [7, 11) is 1.66. The number of aromatic nitrogens is 2. The second-order valence-corrected chi connectivity index (χ2v) is 8.76. The largest absolute Gasteiger partial charge is 0.493 e. The van der Waals surface area contributed by atoms with E-state index < -0.39 is 0 Å². The number of fused-ring (bicyclic) bond motifs is 1. The number of imidazole rings is 1. The number of unbranched alkanes of at least 4 members (excludes halogenated alkanes) is 1. The third-order valence-electron chi connectivity index (χ3n) is 6.08. The molecule has 0 aliphatic heterocycles. The molecule has 35 heavy (non-hydrogen) atoms. The third kappa shape index (κ3) is 6.04. The molecule has 3 aromatic carbocycles. The van der Waals surface area contributed by atoms with Crippen LogP contribution in [0.5, 0.6) is 17.2 Å². The number of hydrogen-bond acceptors (Lipinski definition) is 4. The van der Waals surface area contributed by atoms with Gasteiger partial charge >= 0.3 is 0 Å². The fourth-order valence-electron chi connectivity index (χ4n) is 4.17. The summed E-state index contributed by atoms with van der Waals surface area (Å²) in [5.41, 5.74) is 5.62. The molecule has 0 saturated carbocycles. The predicted molar refractivity (Wildman–Crippen MR) is 142 cm³/mol. The molecule has 0 spiro atoms. The summed E-state index contributed by atoms with van der Waals surface area (Å²) in [5, 5.41) is 0. The molecule has 5 nitrogen and oxygen atoms in total. The molecule has 0 radical (unpaired) electrons. The Morgan fingerprint density at radius 3 is 2.60 bits per heavy atom. The molecule has 4 rings (SSSR count). The van der Waals surface area contributed by atoms with Crippen molar-refractivity contribution in [3.8, 4) is 17.2 Å². The monoisotopic (exact) mass is 470 g/mol. The summed E-state index contributed by atoms with van der Waals surface area (Å²) in [6.07, 6.45) is 4.61. The van der Waals surface area contributed by atoms with Crippen molar-refractivity contribution in [2.45, 2.75) is 46.3 Å². The van der Waals surface area contributed by atoms with Gasteiger partial charge in [-0.15, -0.1) is 6.58 Å². The molecule has 0 atom stereocenters. The molecule has 4 aromatic rings. The van der Waals surface area contributed by atoms with Gasteiger partial charge in [0, 0.05) is 6.54 Å². The van der Waals surface area contributed by atoms with Crippen molar-refractivity contribution in [2.24, 2.45) is 0 Å². The Kier molecular flexibility index (Phi) is 8.09. The molecule has 0 bridgehead atoms. The van der Waals surface area contributed by atoms with Gasteiger partial charge in [0.1, 0.15) is 18.2 Å². The molecule has 0 saturated heterocycles. The summed E-state index contributed by atoms with van der Waals surface area (Å²) in [6.45, 7) is 9.89. The number of rotatable bonds is 12. The Morgan fingerprint density at radius 1 is 0.914 bits per heavy atom. The number of allylic oxidation sites excluding steroid dienone is 1. The standard InChI is InChI=1S/C30H34N2O3/c1-5-10-24-15-16-27(29(20-24)33-4)35-21-30-31-25-11-6-7-12-26(25)32(30)17-8-9-18-34-28-19-22(2)13-14-23(28)3/h5-7,11-16,19-20H,1,8-10,17-18,21H2,2-4H3. The minimum Gasteiger partial charge on any atom is -0.493 e. The van der Waals surface area contributed by atoms with Crippen LogP contribution in [0.1, 0.15) is 35.4 Å². The van der Waals surface area contributed by atoms with E-state index in [4.69, 9.17) is 19.2 Å². The van der Waals surface area contributed by atoms with E-state index in [9.17, 15) is 0 Å². The van der Waals surface area contributed by atoms with Crippen LogP contribution in [-0.2, 0) is 19.6 Å². The molecule has 0 aliphatic carbocycles. The van der Waals surface area contributed by atoms with E-state index in [-0.39, 0.29) is 0 Å². The maximum Gasteiger partial charge on any atom is 0.161 e. The van der Waals surface area contributed by atoms with Crippen LogP contribution in [0.3, 0.4) is 0 Å². The van der Waals surface area contributed by atoms with Crippen LogP contribution in [0.15, 0.2) is 73.3 Å². The second kappa shape index (κ2) is 11.6. The normalized spacial score (nSPS) is 10.9. The highest BCUT2D eigenvalue weighted by atomic mass is 16.5. The first-order chi connectivity index (χ1) is 17.1. The van der Waals surface area contributed by atoms with Gasteiger partial charge in [0.25, 0.3) is 0 Å². The minimum absolute atomic E-state index is 0.366. The number of para-hydroxylation sites is 2. The lowest BCUT2D eigenvalue weighted by Gasteiger charge is -2.14. The van der Waals surface area contributed by atoms with Gasteiger partial charge in [-0.2, -0.15) is 0 Å². The van der Waals surface area contributed by atoms with Gasteiger partial charge in [-0.05, 0) is 80.1 Å². The van der Waals surface area contributed by atoms with Gasteiger partial charge in [0.2, 0.25) is 0 Å². The van der Waals surface area contributed by atoms with Crippen LogP contribution in [-0.4, -0.2) is 23.3 Å². The van der Waals surface area contributed by atoms with Crippen LogP contribution in [0.2, 0.25) is 0 Å². The van der Waals surface area contributed by atoms with E-state index >= 15 is 0 Å². The summed E-state index contributed by atoms with van der Waals surface area (Å²) in [6, 6.07) is 20.5. The maximum atomic E-state index is 6.17. The van der Waals surface area contributed by atoms with Crippen LogP contribution in [0.4, 0.5) is 0 Å². The number of hydrogen-bond donors (Lipinski definition) is 0. The lowest BCUT2D eigenvalue weighted by atomic mass is 10.1. The van der Waals surface area contributed by atoms with Crippen molar-refractivity contribution >= 4 is 11.0 Å². The Morgan fingerprint density at radius 2 is 1.77 bits per heavy atom. The SMILES string of the molecule is C=CCc1ccc(OCc2nc3ccccc3n2CCCCOc2cc(C)ccc2C)c(OC)c1. The van der Waals surface area contributed by atoms with Crippen LogP contribution in [0, 0.1) is 13.8 Å². The first-order valence-corrected chi connectivity index (χ1v) is 12.1. The van der Waals surface area contributed by atoms with Gasteiger partial charge in [-0.25, -0.2) is 4.98 Å². The zero-order valence-electron chi connectivity index (χ0n) is 20.9.